The summed E-state index contributed by atoms with van der Waals surface area (Å²) in [5.74, 6) is 0.560. The van der Waals surface area contributed by atoms with Crippen LogP contribution in [-0.4, -0.2) is 33.2 Å². The predicted octanol–water partition coefficient (Wildman–Crippen LogP) is 3.43. The minimum atomic E-state index is 0.206. The van der Waals surface area contributed by atoms with Crippen molar-refractivity contribution in [1.29, 1.82) is 0 Å². The average Bonchev–Trinajstić information content (AvgIpc) is 3.07. The van der Waals surface area contributed by atoms with Crippen LogP contribution in [0.5, 0.6) is 0 Å². The monoisotopic (exact) mass is 369 g/mol. The fourth-order valence-electron chi connectivity index (χ4n) is 2.64. The van der Waals surface area contributed by atoms with Crippen molar-refractivity contribution in [1.82, 2.24) is 20.3 Å². The van der Waals surface area contributed by atoms with Gasteiger partial charge in [-0.2, -0.15) is 0 Å². The molecule has 0 unspecified atom stereocenters. The molecule has 0 aliphatic rings. The molecule has 2 aromatic heterocycles. The van der Waals surface area contributed by atoms with Gasteiger partial charge >= 0.3 is 0 Å². The molecular weight excluding hydrogens is 346 g/mol. The summed E-state index contributed by atoms with van der Waals surface area (Å²) in [5, 5.41) is 16.2. The molecule has 6 nitrogen and oxygen atoms in total. The number of nitrogens with zero attached hydrogens (tertiary/aromatic N) is 3. The van der Waals surface area contributed by atoms with E-state index in [1.807, 2.05) is 12.3 Å². The molecule has 136 valence electrons. The highest BCUT2D eigenvalue weighted by Crippen LogP contribution is 2.25. The zero-order valence-electron chi connectivity index (χ0n) is 15.0. The van der Waals surface area contributed by atoms with Crippen molar-refractivity contribution in [3.63, 3.8) is 0 Å². The summed E-state index contributed by atoms with van der Waals surface area (Å²) in [4.78, 5) is 14.5. The largest absolute Gasteiger partial charge is 0.396 e. The van der Waals surface area contributed by atoms with Crippen LogP contribution in [0, 0.1) is 13.8 Å². The van der Waals surface area contributed by atoms with Crippen LogP contribution >= 0.6 is 11.3 Å². The zero-order valence-corrected chi connectivity index (χ0v) is 15.8. The van der Waals surface area contributed by atoms with Crippen LogP contribution in [0.15, 0.2) is 36.7 Å². The third-order valence-electron chi connectivity index (χ3n) is 3.72. The van der Waals surface area contributed by atoms with Gasteiger partial charge in [-0.25, -0.2) is 15.0 Å². The first kappa shape index (κ1) is 18.4. The molecule has 0 aliphatic carbocycles. The Bertz CT molecular complexity index is 844. The Labute approximate surface area is 157 Å². The maximum Gasteiger partial charge on any atom is 0.227 e. The van der Waals surface area contributed by atoms with Crippen LogP contribution in [0.1, 0.15) is 22.4 Å². The van der Waals surface area contributed by atoms with Gasteiger partial charge in [0.2, 0.25) is 5.95 Å². The second kappa shape index (κ2) is 8.84. The van der Waals surface area contributed by atoms with Gasteiger partial charge in [-0.3, -0.25) is 0 Å². The van der Waals surface area contributed by atoms with Gasteiger partial charge in [-0.1, -0.05) is 6.07 Å². The number of rotatable bonds is 8. The third kappa shape index (κ3) is 5.08. The van der Waals surface area contributed by atoms with Crippen LogP contribution < -0.4 is 10.6 Å². The van der Waals surface area contributed by atoms with Gasteiger partial charge in [0, 0.05) is 36.1 Å². The number of aliphatic hydroxyl groups is 1. The van der Waals surface area contributed by atoms with Crippen molar-refractivity contribution < 1.29 is 5.11 Å². The maximum atomic E-state index is 8.81. The first-order valence-electron chi connectivity index (χ1n) is 8.59. The van der Waals surface area contributed by atoms with Crippen LogP contribution in [0.25, 0.3) is 10.7 Å². The van der Waals surface area contributed by atoms with E-state index < -0.39 is 0 Å². The second-order valence-electron chi connectivity index (χ2n) is 6.15. The summed E-state index contributed by atoms with van der Waals surface area (Å²) in [6.07, 6.45) is 4.37. The van der Waals surface area contributed by atoms with Crippen molar-refractivity contribution in [2.45, 2.75) is 26.8 Å². The number of hydrogen-bond acceptors (Lipinski definition) is 7. The van der Waals surface area contributed by atoms with Crippen molar-refractivity contribution in [3.8, 4) is 10.7 Å². The van der Waals surface area contributed by atoms with Gasteiger partial charge in [-0.15, -0.1) is 11.3 Å². The molecule has 0 saturated heterocycles. The lowest BCUT2D eigenvalue weighted by Crippen LogP contribution is -2.14. The molecule has 3 aromatic rings. The Hall–Kier alpha value is -2.35. The third-order valence-corrected chi connectivity index (χ3v) is 4.74. The van der Waals surface area contributed by atoms with Gasteiger partial charge in [0.25, 0.3) is 0 Å². The quantitative estimate of drug-likeness (QED) is 0.528. The standard InChI is InChI=1S/C19H23N5OS/c1-13-8-14(2)10-15(9-13)23-19-21-6-4-17(24-19)18-22-12-16(26-18)11-20-5-3-7-25/h4,6,8-10,12,20,25H,3,5,7,11H2,1-2H3,(H,21,23,24). The SMILES string of the molecule is Cc1cc(C)cc(Nc2nccc(-c3ncc(CNCCCO)s3)n2)c1. The average molecular weight is 369 g/mol. The Morgan fingerprint density at radius 2 is 1.92 bits per heavy atom. The molecule has 0 amide bonds. The highest BCUT2D eigenvalue weighted by Gasteiger charge is 2.08. The lowest BCUT2D eigenvalue weighted by molar-refractivity contribution is 0.286. The molecule has 1 aromatic carbocycles. The molecule has 0 saturated carbocycles. The van der Waals surface area contributed by atoms with Crippen molar-refractivity contribution >= 4 is 23.0 Å². The van der Waals surface area contributed by atoms with Crippen LogP contribution in [0.4, 0.5) is 11.6 Å². The summed E-state index contributed by atoms with van der Waals surface area (Å²) in [5.41, 5.74) is 4.18. The molecule has 0 radical (unpaired) electrons. The summed E-state index contributed by atoms with van der Waals surface area (Å²) in [6, 6.07) is 8.15. The Morgan fingerprint density at radius 3 is 2.69 bits per heavy atom. The van der Waals surface area contributed by atoms with E-state index in [0.717, 1.165) is 40.8 Å². The van der Waals surface area contributed by atoms with E-state index >= 15 is 0 Å². The number of aromatic nitrogens is 3. The first-order valence-corrected chi connectivity index (χ1v) is 9.41. The van der Waals surface area contributed by atoms with Gasteiger partial charge in [0.05, 0.1) is 0 Å². The predicted molar refractivity (Wildman–Crippen MR) is 106 cm³/mol. The van der Waals surface area contributed by atoms with E-state index in [1.165, 1.54) is 11.1 Å². The van der Waals surface area contributed by atoms with Crippen molar-refractivity contribution in [2.75, 3.05) is 18.5 Å². The maximum absolute atomic E-state index is 8.81. The molecule has 3 rings (SSSR count). The molecule has 26 heavy (non-hydrogen) atoms. The second-order valence-corrected chi connectivity index (χ2v) is 7.27. The molecular formula is C19H23N5OS. The highest BCUT2D eigenvalue weighted by atomic mass is 32.1. The van der Waals surface area contributed by atoms with E-state index in [-0.39, 0.29) is 6.61 Å². The summed E-state index contributed by atoms with van der Waals surface area (Å²) < 4.78 is 0. The Kier molecular flexibility index (Phi) is 6.27. The summed E-state index contributed by atoms with van der Waals surface area (Å²) in [6.45, 7) is 5.89. The van der Waals surface area contributed by atoms with Crippen LogP contribution in [-0.2, 0) is 6.54 Å². The molecule has 3 N–H and O–H groups in total. The summed E-state index contributed by atoms with van der Waals surface area (Å²) >= 11 is 1.61. The van der Waals surface area contributed by atoms with Gasteiger partial charge in [0.1, 0.15) is 10.7 Å². The number of hydrogen-bond donors (Lipinski definition) is 3. The zero-order chi connectivity index (χ0) is 18.4. The minimum absolute atomic E-state index is 0.206. The summed E-state index contributed by atoms with van der Waals surface area (Å²) in [7, 11) is 0. The molecule has 0 bridgehead atoms. The van der Waals surface area contributed by atoms with E-state index in [1.54, 1.807) is 17.5 Å². The first-order chi connectivity index (χ1) is 12.6. The van der Waals surface area contributed by atoms with Crippen LogP contribution in [0.3, 0.4) is 0 Å². The fraction of sp³-hybridized carbons (Fsp3) is 0.316. The number of anilines is 2. The van der Waals surface area contributed by atoms with E-state index in [9.17, 15) is 0 Å². The molecule has 0 aliphatic heterocycles. The molecule has 0 spiro atoms. The molecule has 0 fully saturated rings. The normalized spacial score (nSPS) is 10.9. The van der Waals surface area contributed by atoms with E-state index in [4.69, 9.17) is 5.11 Å². The lowest BCUT2D eigenvalue weighted by Gasteiger charge is -2.07. The lowest BCUT2D eigenvalue weighted by atomic mass is 10.1. The Balaban J connectivity index is 1.70. The fourth-order valence-corrected chi connectivity index (χ4v) is 3.49. The van der Waals surface area contributed by atoms with E-state index in [2.05, 4.69) is 57.6 Å². The Morgan fingerprint density at radius 1 is 1.12 bits per heavy atom. The number of aliphatic hydroxyl groups excluding tert-OH is 1. The van der Waals surface area contributed by atoms with Crippen molar-refractivity contribution in [3.05, 3.63) is 52.7 Å². The highest BCUT2D eigenvalue weighted by molar-refractivity contribution is 7.14. The number of aryl methyl sites for hydroxylation is 2. The smallest absolute Gasteiger partial charge is 0.227 e. The number of benzene rings is 1. The number of nitrogens with one attached hydrogen (secondary N) is 2. The van der Waals surface area contributed by atoms with E-state index in [0.29, 0.717) is 5.95 Å². The van der Waals surface area contributed by atoms with Gasteiger partial charge in [-0.05, 0) is 56.1 Å². The topological polar surface area (TPSA) is 83.0 Å². The minimum Gasteiger partial charge on any atom is -0.396 e. The van der Waals surface area contributed by atoms with Gasteiger partial charge in [0.15, 0.2) is 0 Å². The van der Waals surface area contributed by atoms with Crippen molar-refractivity contribution in [2.24, 2.45) is 0 Å². The van der Waals surface area contributed by atoms with Crippen LogP contribution in [0.2, 0.25) is 0 Å². The number of thiazole rings is 1. The molecule has 2 heterocycles. The molecule has 7 heteroatoms. The van der Waals surface area contributed by atoms with Gasteiger partial charge < -0.3 is 15.7 Å². The molecule has 0 atom stereocenters.